The van der Waals surface area contributed by atoms with Gasteiger partial charge in [0.05, 0.1) is 0 Å². The highest BCUT2D eigenvalue weighted by molar-refractivity contribution is 5.95. The van der Waals surface area contributed by atoms with E-state index in [9.17, 15) is 9.59 Å². The number of carbonyl (C=O) groups is 2. The Morgan fingerprint density at radius 1 is 1.00 bits per heavy atom. The molecule has 4 rings (SSSR count). The molecule has 1 fully saturated rings. The maximum atomic E-state index is 13.2. The van der Waals surface area contributed by atoms with Crippen molar-refractivity contribution < 1.29 is 14.3 Å². The van der Waals surface area contributed by atoms with E-state index in [1.807, 2.05) is 53.4 Å². The molecule has 31 heavy (non-hydrogen) atoms. The first kappa shape index (κ1) is 20.6. The Morgan fingerprint density at radius 2 is 1.71 bits per heavy atom. The molecule has 3 aromatic rings. The topological polar surface area (TPSA) is 71.5 Å². The van der Waals surface area contributed by atoms with E-state index >= 15 is 0 Å². The van der Waals surface area contributed by atoms with Gasteiger partial charge in [0.1, 0.15) is 12.4 Å². The summed E-state index contributed by atoms with van der Waals surface area (Å²) in [5.74, 6) is 0.604. The summed E-state index contributed by atoms with van der Waals surface area (Å²) < 4.78 is 5.78. The lowest BCUT2D eigenvalue weighted by atomic mass is 10.1. The average Bonchev–Trinajstić information content (AvgIpc) is 3.67. The maximum Gasteiger partial charge on any atom is 0.254 e. The van der Waals surface area contributed by atoms with Crippen molar-refractivity contribution >= 4 is 11.8 Å². The highest BCUT2D eigenvalue weighted by Gasteiger charge is 2.33. The second-order valence-corrected chi connectivity index (χ2v) is 7.61. The minimum absolute atomic E-state index is 0.0108. The number of ether oxygens (including phenoxy) is 1. The molecule has 0 bridgehead atoms. The fraction of sp³-hybridized carbons (Fsp3) is 0.240. The Labute approximate surface area is 181 Å². The van der Waals surface area contributed by atoms with E-state index in [1.54, 1.807) is 31.6 Å². The minimum atomic E-state index is -0.118. The number of nitrogens with one attached hydrogen (secondary N) is 1. The van der Waals surface area contributed by atoms with E-state index in [2.05, 4.69) is 10.3 Å². The zero-order chi connectivity index (χ0) is 21.6. The molecule has 1 heterocycles. The van der Waals surface area contributed by atoms with Crippen LogP contribution in [0.4, 0.5) is 0 Å². The molecule has 2 aromatic carbocycles. The number of amides is 2. The number of nitrogens with zero attached hydrogens (tertiary/aromatic N) is 2. The van der Waals surface area contributed by atoms with Crippen LogP contribution in [0.2, 0.25) is 0 Å². The molecule has 6 nitrogen and oxygen atoms in total. The predicted molar refractivity (Wildman–Crippen MR) is 118 cm³/mol. The van der Waals surface area contributed by atoms with E-state index in [4.69, 9.17) is 4.74 Å². The van der Waals surface area contributed by atoms with Crippen LogP contribution in [0, 0.1) is 0 Å². The second-order valence-electron chi connectivity index (χ2n) is 7.61. The highest BCUT2D eigenvalue weighted by Crippen LogP contribution is 2.30. The molecule has 6 heteroatoms. The van der Waals surface area contributed by atoms with Crippen molar-refractivity contribution in [2.24, 2.45) is 0 Å². The van der Waals surface area contributed by atoms with Gasteiger partial charge in [-0.05, 0) is 60.9 Å². The normalized spacial score (nSPS) is 12.8. The van der Waals surface area contributed by atoms with Crippen LogP contribution in [0.15, 0.2) is 73.1 Å². The van der Waals surface area contributed by atoms with E-state index in [0.29, 0.717) is 30.0 Å². The standard InChI is InChI=1S/C25H25N3O3/c1-26-24(29)20-6-4-18(5-7-20)16-28(22-10-11-22)25(30)21-8-12-23(13-9-21)31-17-19-3-2-14-27-15-19/h2-9,12-15,22H,10-11,16-17H2,1H3,(H,26,29). The number of pyridine rings is 1. The lowest BCUT2D eigenvalue weighted by molar-refractivity contribution is 0.0729. The van der Waals surface area contributed by atoms with Gasteiger partial charge in [0.15, 0.2) is 0 Å². The maximum absolute atomic E-state index is 13.2. The van der Waals surface area contributed by atoms with Gasteiger partial charge in [0.25, 0.3) is 11.8 Å². The molecule has 2 amide bonds. The Morgan fingerprint density at radius 3 is 2.32 bits per heavy atom. The van der Waals surface area contributed by atoms with Gasteiger partial charge in [-0.15, -0.1) is 0 Å². The summed E-state index contributed by atoms with van der Waals surface area (Å²) in [5.41, 5.74) is 3.24. The number of hydrogen-bond donors (Lipinski definition) is 1. The first-order valence-corrected chi connectivity index (χ1v) is 10.4. The van der Waals surface area contributed by atoms with Crippen molar-refractivity contribution in [3.8, 4) is 5.75 Å². The molecule has 1 aromatic heterocycles. The molecule has 1 N–H and O–H groups in total. The Bertz CT molecular complexity index is 1030. The quantitative estimate of drug-likeness (QED) is 0.607. The van der Waals surface area contributed by atoms with Gasteiger partial charge < -0.3 is 15.0 Å². The number of hydrogen-bond acceptors (Lipinski definition) is 4. The molecule has 0 spiro atoms. The third-order valence-corrected chi connectivity index (χ3v) is 5.27. The van der Waals surface area contributed by atoms with Crippen LogP contribution < -0.4 is 10.1 Å². The number of aromatic nitrogens is 1. The SMILES string of the molecule is CNC(=O)c1ccc(CN(C(=O)c2ccc(OCc3cccnc3)cc2)C2CC2)cc1. The lowest BCUT2D eigenvalue weighted by Gasteiger charge is -2.23. The zero-order valence-corrected chi connectivity index (χ0v) is 17.5. The minimum Gasteiger partial charge on any atom is -0.489 e. The fourth-order valence-electron chi connectivity index (χ4n) is 3.37. The van der Waals surface area contributed by atoms with Crippen LogP contribution in [0.25, 0.3) is 0 Å². The van der Waals surface area contributed by atoms with Crippen LogP contribution in [0.1, 0.15) is 44.7 Å². The van der Waals surface area contributed by atoms with Crippen LogP contribution in [-0.2, 0) is 13.2 Å². The van der Waals surface area contributed by atoms with Crippen molar-refractivity contribution in [1.29, 1.82) is 0 Å². The second kappa shape index (κ2) is 9.43. The summed E-state index contributed by atoms with van der Waals surface area (Å²) in [6, 6.07) is 18.8. The molecule has 0 aliphatic heterocycles. The van der Waals surface area contributed by atoms with Crippen LogP contribution in [0.3, 0.4) is 0 Å². The first-order valence-electron chi connectivity index (χ1n) is 10.4. The van der Waals surface area contributed by atoms with Gasteiger partial charge >= 0.3 is 0 Å². The Hall–Kier alpha value is -3.67. The fourth-order valence-corrected chi connectivity index (χ4v) is 3.37. The molecule has 0 saturated heterocycles. The number of rotatable bonds is 8. The van der Waals surface area contributed by atoms with Crippen molar-refractivity contribution in [1.82, 2.24) is 15.2 Å². The van der Waals surface area contributed by atoms with Gasteiger partial charge in [-0.25, -0.2) is 0 Å². The van der Waals surface area contributed by atoms with Crippen molar-refractivity contribution in [2.45, 2.75) is 32.0 Å². The third-order valence-electron chi connectivity index (χ3n) is 5.27. The summed E-state index contributed by atoms with van der Waals surface area (Å²) in [5, 5.41) is 2.62. The Kier molecular flexibility index (Phi) is 6.26. The van der Waals surface area contributed by atoms with Crippen LogP contribution >= 0.6 is 0 Å². The molecular formula is C25H25N3O3. The molecule has 1 aliphatic carbocycles. The van der Waals surface area contributed by atoms with E-state index in [-0.39, 0.29) is 17.9 Å². The van der Waals surface area contributed by atoms with Gasteiger partial charge in [-0.1, -0.05) is 18.2 Å². The number of carbonyl (C=O) groups excluding carboxylic acids is 2. The number of benzene rings is 2. The largest absolute Gasteiger partial charge is 0.489 e. The summed E-state index contributed by atoms with van der Waals surface area (Å²) >= 11 is 0. The molecule has 1 aliphatic rings. The van der Waals surface area contributed by atoms with E-state index in [0.717, 1.165) is 24.0 Å². The monoisotopic (exact) mass is 415 g/mol. The van der Waals surface area contributed by atoms with Gasteiger partial charge in [-0.2, -0.15) is 0 Å². The first-order chi connectivity index (χ1) is 15.1. The average molecular weight is 415 g/mol. The molecule has 0 atom stereocenters. The molecule has 1 saturated carbocycles. The highest BCUT2D eigenvalue weighted by atomic mass is 16.5. The van der Waals surface area contributed by atoms with E-state index < -0.39 is 0 Å². The van der Waals surface area contributed by atoms with Crippen molar-refractivity contribution in [2.75, 3.05) is 7.05 Å². The van der Waals surface area contributed by atoms with Gasteiger partial charge in [0, 0.05) is 48.7 Å². The lowest BCUT2D eigenvalue weighted by Crippen LogP contribution is -2.32. The van der Waals surface area contributed by atoms with E-state index in [1.165, 1.54) is 0 Å². The van der Waals surface area contributed by atoms with Gasteiger partial charge in [-0.3, -0.25) is 14.6 Å². The molecule has 0 radical (unpaired) electrons. The van der Waals surface area contributed by atoms with Crippen molar-refractivity contribution in [3.05, 3.63) is 95.3 Å². The molecule has 0 unspecified atom stereocenters. The van der Waals surface area contributed by atoms with Gasteiger partial charge in [0.2, 0.25) is 0 Å². The Balaban J connectivity index is 1.40. The van der Waals surface area contributed by atoms with Crippen LogP contribution in [0.5, 0.6) is 5.75 Å². The van der Waals surface area contributed by atoms with Crippen LogP contribution in [-0.4, -0.2) is 34.8 Å². The zero-order valence-electron chi connectivity index (χ0n) is 17.5. The smallest absolute Gasteiger partial charge is 0.254 e. The molecule has 158 valence electrons. The predicted octanol–water partition coefficient (Wildman–Crippen LogP) is 3.83. The summed E-state index contributed by atoms with van der Waals surface area (Å²) in [7, 11) is 1.61. The third kappa shape index (κ3) is 5.28. The summed E-state index contributed by atoms with van der Waals surface area (Å²) in [4.78, 5) is 30.9. The van der Waals surface area contributed by atoms with Crippen molar-refractivity contribution in [3.63, 3.8) is 0 Å². The molecular weight excluding hydrogens is 390 g/mol. The summed E-state index contributed by atoms with van der Waals surface area (Å²) in [6.07, 6.45) is 5.54. The summed E-state index contributed by atoms with van der Waals surface area (Å²) in [6.45, 7) is 0.957.